The van der Waals surface area contributed by atoms with Gasteiger partial charge in [-0.05, 0) is 36.4 Å². The maximum atomic E-state index is 4.50. The summed E-state index contributed by atoms with van der Waals surface area (Å²) < 4.78 is 0. The summed E-state index contributed by atoms with van der Waals surface area (Å²) >= 11 is 0. The van der Waals surface area contributed by atoms with Gasteiger partial charge in [0.2, 0.25) is 0 Å². The van der Waals surface area contributed by atoms with Crippen molar-refractivity contribution in [2.24, 2.45) is 9.98 Å². The summed E-state index contributed by atoms with van der Waals surface area (Å²) in [6.45, 7) is 0. The summed E-state index contributed by atoms with van der Waals surface area (Å²) in [5.74, 6) is 0. The lowest BCUT2D eigenvalue weighted by molar-refractivity contribution is 1.30. The summed E-state index contributed by atoms with van der Waals surface area (Å²) in [5.41, 5.74) is 3.84. The van der Waals surface area contributed by atoms with E-state index in [0.29, 0.717) is 0 Å². The van der Waals surface area contributed by atoms with Gasteiger partial charge in [0.15, 0.2) is 0 Å². The minimum atomic E-state index is 0.921. The average Bonchev–Trinajstić information content (AvgIpc) is 3.02. The zero-order valence-corrected chi connectivity index (χ0v) is 8.01. The fourth-order valence-corrected chi connectivity index (χ4v) is 1.60. The van der Waals surface area contributed by atoms with Gasteiger partial charge in [0.05, 0.1) is 22.8 Å². The van der Waals surface area contributed by atoms with Crippen LogP contribution in [-0.4, -0.2) is 16.9 Å². The van der Waals surface area contributed by atoms with Crippen molar-refractivity contribution in [3.8, 4) is 0 Å². The lowest BCUT2D eigenvalue weighted by Crippen LogP contribution is -1.92. The van der Waals surface area contributed by atoms with E-state index in [0.717, 1.165) is 22.8 Å². The number of aromatic nitrogens is 1. The fourth-order valence-electron chi connectivity index (χ4n) is 1.60. The van der Waals surface area contributed by atoms with Gasteiger partial charge in [-0.2, -0.15) is 0 Å². The Morgan fingerprint density at radius 1 is 1.07 bits per heavy atom. The monoisotopic (exact) mass is 195 g/mol. The largest absolute Gasteiger partial charge is 0.360 e. The average molecular weight is 195 g/mol. The molecular formula is C12H9N3. The first-order valence-corrected chi connectivity index (χ1v) is 4.79. The third kappa shape index (κ3) is 1.38. The lowest BCUT2D eigenvalue weighted by atomic mass is 10.3. The van der Waals surface area contributed by atoms with Crippen molar-refractivity contribution in [2.45, 2.75) is 0 Å². The van der Waals surface area contributed by atoms with E-state index in [-0.39, 0.29) is 0 Å². The van der Waals surface area contributed by atoms with E-state index in [1.54, 1.807) is 6.21 Å². The first-order valence-electron chi connectivity index (χ1n) is 4.79. The van der Waals surface area contributed by atoms with Crippen LogP contribution in [0.3, 0.4) is 0 Å². The van der Waals surface area contributed by atoms with Gasteiger partial charge in [-0.25, -0.2) is 4.99 Å². The molecule has 0 aromatic carbocycles. The molecule has 3 heteroatoms. The Morgan fingerprint density at radius 2 is 2.07 bits per heavy atom. The molecule has 0 saturated carbocycles. The first-order chi connectivity index (χ1) is 7.43. The molecule has 15 heavy (non-hydrogen) atoms. The molecule has 0 fully saturated rings. The standard InChI is InChI=1S/C12H9N3/c1-3-9(13-7-1)11-5-6-12(15-11)10-4-2-8-14-10/h1-8,13H. The Balaban J connectivity index is 2.01. The topological polar surface area (TPSA) is 40.5 Å². The van der Waals surface area contributed by atoms with Crippen molar-refractivity contribution in [3.63, 3.8) is 0 Å². The number of aromatic amines is 1. The van der Waals surface area contributed by atoms with E-state index >= 15 is 0 Å². The zero-order valence-electron chi connectivity index (χ0n) is 8.01. The second-order valence-corrected chi connectivity index (χ2v) is 3.32. The quantitative estimate of drug-likeness (QED) is 0.714. The van der Waals surface area contributed by atoms with Gasteiger partial charge >= 0.3 is 0 Å². The first kappa shape index (κ1) is 8.17. The molecule has 0 aliphatic carbocycles. The summed E-state index contributed by atoms with van der Waals surface area (Å²) in [5, 5.41) is 0. The summed E-state index contributed by atoms with van der Waals surface area (Å²) in [4.78, 5) is 11.8. The molecule has 3 heterocycles. The fraction of sp³-hybridized carbons (Fsp3) is 0. The van der Waals surface area contributed by atoms with Crippen molar-refractivity contribution >= 4 is 11.9 Å². The highest BCUT2D eigenvalue weighted by Gasteiger charge is 2.10. The van der Waals surface area contributed by atoms with Crippen molar-refractivity contribution in [1.29, 1.82) is 0 Å². The van der Waals surface area contributed by atoms with E-state index in [1.807, 2.05) is 42.6 Å². The molecule has 1 aromatic rings. The Kier molecular flexibility index (Phi) is 1.75. The molecule has 2 aliphatic rings. The van der Waals surface area contributed by atoms with Gasteiger partial charge in [0.1, 0.15) is 0 Å². The molecular weight excluding hydrogens is 186 g/mol. The third-order valence-corrected chi connectivity index (χ3v) is 2.33. The molecule has 0 saturated heterocycles. The number of allylic oxidation sites excluding steroid dienone is 4. The van der Waals surface area contributed by atoms with Crippen LogP contribution >= 0.6 is 0 Å². The number of rotatable bonds is 1. The Hall–Kier alpha value is -2.16. The molecule has 3 nitrogen and oxygen atoms in total. The van der Waals surface area contributed by atoms with Gasteiger partial charge < -0.3 is 4.98 Å². The molecule has 3 rings (SSSR count). The maximum Gasteiger partial charge on any atom is 0.0895 e. The van der Waals surface area contributed by atoms with Crippen LogP contribution in [0.25, 0.3) is 0 Å². The van der Waals surface area contributed by atoms with E-state index in [4.69, 9.17) is 0 Å². The molecule has 0 atom stereocenters. The molecule has 0 amide bonds. The smallest absolute Gasteiger partial charge is 0.0895 e. The van der Waals surface area contributed by atoms with Gasteiger partial charge in [0.25, 0.3) is 0 Å². The number of hydrogen-bond acceptors (Lipinski definition) is 2. The van der Waals surface area contributed by atoms with Crippen molar-refractivity contribution < 1.29 is 0 Å². The van der Waals surface area contributed by atoms with Crippen molar-refractivity contribution in [2.75, 3.05) is 0 Å². The maximum absolute atomic E-state index is 4.50. The van der Waals surface area contributed by atoms with Crippen LogP contribution in [0.2, 0.25) is 0 Å². The number of nitrogens with one attached hydrogen (secondary N) is 1. The van der Waals surface area contributed by atoms with Crippen LogP contribution in [0.5, 0.6) is 0 Å². The molecule has 0 spiro atoms. The SMILES string of the molecule is C1=CC(=C2C=CC(c3ccc[nH]3)=N2)N=C1. The highest BCUT2D eigenvalue weighted by Crippen LogP contribution is 2.20. The van der Waals surface area contributed by atoms with Gasteiger partial charge in [-0.3, -0.25) is 4.99 Å². The van der Waals surface area contributed by atoms with Gasteiger partial charge in [-0.15, -0.1) is 0 Å². The zero-order chi connectivity index (χ0) is 10.1. The second-order valence-electron chi connectivity index (χ2n) is 3.32. The summed E-state index contributed by atoms with van der Waals surface area (Å²) in [6.07, 6.45) is 11.5. The minimum absolute atomic E-state index is 0.921. The molecule has 2 aliphatic heterocycles. The van der Waals surface area contributed by atoms with Crippen LogP contribution in [0.4, 0.5) is 0 Å². The van der Waals surface area contributed by atoms with Crippen molar-refractivity contribution in [1.82, 2.24) is 4.98 Å². The van der Waals surface area contributed by atoms with E-state index in [2.05, 4.69) is 15.0 Å². The van der Waals surface area contributed by atoms with Crippen LogP contribution in [0.15, 0.2) is 64.0 Å². The van der Waals surface area contributed by atoms with Crippen LogP contribution in [0.1, 0.15) is 5.69 Å². The number of hydrogen-bond donors (Lipinski definition) is 1. The molecule has 0 unspecified atom stereocenters. The number of nitrogens with zero attached hydrogens (tertiary/aromatic N) is 2. The summed E-state index contributed by atoms with van der Waals surface area (Å²) in [6, 6.07) is 3.97. The third-order valence-electron chi connectivity index (χ3n) is 2.33. The van der Waals surface area contributed by atoms with Crippen LogP contribution in [0, 0.1) is 0 Å². The normalized spacial score (nSPS) is 22.8. The highest BCUT2D eigenvalue weighted by molar-refractivity contribution is 6.10. The van der Waals surface area contributed by atoms with E-state index in [9.17, 15) is 0 Å². The predicted octanol–water partition coefficient (Wildman–Crippen LogP) is 2.23. The predicted molar refractivity (Wildman–Crippen MR) is 61.1 cm³/mol. The van der Waals surface area contributed by atoms with Crippen molar-refractivity contribution in [3.05, 3.63) is 59.7 Å². The van der Waals surface area contributed by atoms with E-state index < -0.39 is 0 Å². The molecule has 72 valence electrons. The Bertz CT molecular complexity index is 511. The van der Waals surface area contributed by atoms with Gasteiger partial charge in [-0.1, -0.05) is 0 Å². The molecule has 0 bridgehead atoms. The highest BCUT2D eigenvalue weighted by atomic mass is 14.9. The van der Waals surface area contributed by atoms with Crippen LogP contribution in [-0.2, 0) is 0 Å². The second kappa shape index (κ2) is 3.20. The minimum Gasteiger partial charge on any atom is -0.360 e. The van der Waals surface area contributed by atoms with Crippen LogP contribution < -0.4 is 0 Å². The van der Waals surface area contributed by atoms with E-state index in [1.165, 1.54) is 0 Å². The number of aliphatic imine (C=N–C) groups is 2. The number of H-pyrrole nitrogens is 1. The molecule has 1 aromatic heterocycles. The summed E-state index contributed by atoms with van der Waals surface area (Å²) in [7, 11) is 0. The lowest BCUT2D eigenvalue weighted by Gasteiger charge is -1.93. The Morgan fingerprint density at radius 3 is 2.80 bits per heavy atom. The Labute approximate surface area is 87.3 Å². The van der Waals surface area contributed by atoms with Gasteiger partial charge in [0, 0.05) is 12.4 Å². The molecule has 0 radical (unpaired) electrons. The molecule has 1 N–H and O–H groups in total.